The minimum absolute atomic E-state index is 0. The summed E-state index contributed by atoms with van der Waals surface area (Å²) in [4.78, 5) is 13.8. The molecular weight excluding hydrogens is 314 g/mol. The maximum atomic E-state index is 12.1. The molecular formula is C13H22ClN3O3S. The number of rotatable bonds is 7. The molecule has 21 heavy (non-hydrogen) atoms. The van der Waals surface area contributed by atoms with Crippen LogP contribution in [0, 0.1) is 0 Å². The first-order valence-electron chi connectivity index (χ1n) is 6.42. The number of halogens is 1. The van der Waals surface area contributed by atoms with E-state index in [1.807, 2.05) is 7.05 Å². The second-order valence-electron chi connectivity index (χ2n) is 4.36. The number of likely N-dealkylation sites (N-methyl/N-ethyl adjacent to an activating group) is 2. The van der Waals surface area contributed by atoms with Crippen molar-refractivity contribution in [3.8, 4) is 0 Å². The molecule has 0 saturated carbocycles. The highest BCUT2D eigenvalue weighted by Crippen LogP contribution is 2.11. The van der Waals surface area contributed by atoms with E-state index in [4.69, 9.17) is 0 Å². The molecule has 0 spiro atoms. The van der Waals surface area contributed by atoms with Gasteiger partial charge in [0.25, 0.3) is 5.91 Å². The molecule has 8 heteroatoms. The van der Waals surface area contributed by atoms with E-state index in [-0.39, 0.29) is 23.2 Å². The molecule has 0 aliphatic heterocycles. The molecule has 0 bridgehead atoms. The van der Waals surface area contributed by atoms with Crippen molar-refractivity contribution >= 4 is 28.3 Å². The van der Waals surface area contributed by atoms with Crippen molar-refractivity contribution in [2.75, 3.05) is 33.7 Å². The van der Waals surface area contributed by atoms with Crippen LogP contribution in [-0.2, 0) is 10.0 Å². The normalized spacial score (nSPS) is 10.8. The quantitative estimate of drug-likeness (QED) is 0.768. The topological polar surface area (TPSA) is 78.5 Å². The van der Waals surface area contributed by atoms with E-state index >= 15 is 0 Å². The van der Waals surface area contributed by atoms with Gasteiger partial charge in [-0.05, 0) is 31.3 Å². The third kappa shape index (κ3) is 5.62. The smallest absolute Gasteiger partial charge is 0.253 e. The highest BCUT2D eigenvalue weighted by atomic mass is 35.5. The van der Waals surface area contributed by atoms with Crippen molar-refractivity contribution in [2.24, 2.45) is 0 Å². The van der Waals surface area contributed by atoms with E-state index < -0.39 is 10.0 Å². The molecule has 0 aromatic heterocycles. The van der Waals surface area contributed by atoms with Gasteiger partial charge < -0.3 is 10.2 Å². The molecule has 0 aliphatic rings. The summed E-state index contributed by atoms with van der Waals surface area (Å²) in [6.45, 7) is 3.34. The molecule has 0 radical (unpaired) electrons. The number of sulfonamides is 1. The molecule has 1 rings (SSSR count). The summed E-state index contributed by atoms with van der Waals surface area (Å²) in [6, 6.07) is 5.94. The second kappa shape index (κ2) is 8.99. The highest BCUT2D eigenvalue weighted by Gasteiger charge is 2.15. The van der Waals surface area contributed by atoms with Crippen LogP contribution in [0.2, 0.25) is 0 Å². The van der Waals surface area contributed by atoms with Gasteiger partial charge in [-0.15, -0.1) is 12.4 Å². The number of nitrogens with zero attached hydrogens (tertiary/aromatic N) is 1. The summed E-state index contributed by atoms with van der Waals surface area (Å²) in [5.74, 6) is -0.132. The lowest BCUT2D eigenvalue weighted by molar-refractivity contribution is 0.0796. The van der Waals surface area contributed by atoms with Crippen LogP contribution in [0.5, 0.6) is 0 Å². The van der Waals surface area contributed by atoms with Gasteiger partial charge in [-0.1, -0.05) is 6.92 Å². The Kier molecular flexibility index (Phi) is 8.50. The van der Waals surface area contributed by atoms with E-state index in [9.17, 15) is 13.2 Å². The number of nitrogens with one attached hydrogen (secondary N) is 2. The van der Waals surface area contributed by atoms with Crippen molar-refractivity contribution in [1.29, 1.82) is 0 Å². The molecule has 1 aromatic carbocycles. The summed E-state index contributed by atoms with van der Waals surface area (Å²) >= 11 is 0. The van der Waals surface area contributed by atoms with Crippen LogP contribution < -0.4 is 10.0 Å². The molecule has 0 atom stereocenters. The van der Waals surface area contributed by atoms with Crippen LogP contribution in [0.3, 0.4) is 0 Å². The largest absolute Gasteiger partial charge is 0.340 e. The van der Waals surface area contributed by atoms with Gasteiger partial charge in [0.2, 0.25) is 10.0 Å². The lowest BCUT2D eigenvalue weighted by Gasteiger charge is -2.17. The maximum absolute atomic E-state index is 12.1. The summed E-state index contributed by atoms with van der Waals surface area (Å²) in [5, 5.41) is 2.97. The summed E-state index contributed by atoms with van der Waals surface area (Å²) < 4.78 is 26.0. The van der Waals surface area contributed by atoms with Gasteiger partial charge in [0, 0.05) is 32.2 Å². The molecule has 1 aromatic rings. The molecule has 2 N–H and O–H groups in total. The molecule has 120 valence electrons. The minimum atomic E-state index is -3.47. The lowest BCUT2D eigenvalue weighted by atomic mass is 10.2. The Bertz CT molecular complexity index is 546. The van der Waals surface area contributed by atoms with Crippen molar-refractivity contribution < 1.29 is 13.2 Å². The first-order valence-corrected chi connectivity index (χ1v) is 7.90. The number of benzene rings is 1. The van der Waals surface area contributed by atoms with Gasteiger partial charge in [0.05, 0.1) is 4.90 Å². The van der Waals surface area contributed by atoms with E-state index in [1.54, 1.807) is 18.9 Å². The fourth-order valence-electron chi connectivity index (χ4n) is 1.65. The second-order valence-corrected chi connectivity index (χ2v) is 6.12. The Balaban J connectivity index is 0.00000400. The number of carbonyl (C=O) groups excluding carboxylic acids is 1. The fraction of sp³-hybridized carbons (Fsp3) is 0.462. The molecule has 0 heterocycles. The monoisotopic (exact) mass is 335 g/mol. The number of hydrogen-bond donors (Lipinski definition) is 2. The fourth-order valence-corrected chi connectivity index (χ4v) is 2.69. The van der Waals surface area contributed by atoms with E-state index in [0.717, 1.165) is 0 Å². The zero-order valence-corrected chi connectivity index (χ0v) is 14.1. The van der Waals surface area contributed by atoms with Crippen LogP contribution in [-0.4, -0.2) is 53.0 Å². The third-order valence-corrected chi connectivity index (χ3v) is 4.35. The Labute approximate surface area is 132 Å². The van der Waals surface area contributed by atoms with Crippen LogP contribution in [0.1, 0.15) is 17.3 Å². The lowest BCUT2D eigenvalue weighted by Crippen LogP contribution is -2.32. The van der Waals surface area contributed by atoms with Crippen LogP contribution in [0.15, 0.2) is 29.2 Å². The van der Waals surface area contributed by atoms with Crippen molar-refractivity contribution in [3.63, 3.8) is 0 Å². The predicted octanol–water partition coefficient (Wildman–Crippen LogP) is 0.698. The molecule has 0 unspecified atom stereocenters. The summed E-state index contributed by atoms with van der Waals surface area (Å²) in [5.41, 5.74) is 0.471. The predicted molar refractivity (Wildman–Crippen MR) is 85.4 cm³/mol. The van der Waals surface area contributed by atoms with E-state index in [0.29, 0.717) is 25.2 Å². The summed E-state index contributed by atoms with van der Waals surface area (Å²) in [7, 11) is 0.0573. The minimum Gasteiger partial charge on any atom is -0.340 e. The van der Waals surface area contributed by atoms with Gasteiger partial charge in [-0.25, -0.2) is 13.1 Å². The van der Waals surface area contributed by atoms with Gasteiger partial charge in [0.15, 0.2) is 0 Å². The van der Waals surface area contributed by atoms with Gasteiger partial charge >= 0.3 is 0 Å². The standard InChI is InChI=1S/C13H21N3O3S.ClH/c1-4-15-20(18,19)12-7-5-11(6-8-12)13(17)16(3)10-9-14-2;/h5-8,14-15H,4,9-10H2,1-3H3;1H. The average Bonchev–Trinajstić information content (AvgIpc) is 2.44. The van der Waals surface area contributed by atoms with Crippen LogP contribution in [0.4, 0.5) is 0 Å². The Morgan fingerprint density at radius 2 is 1.81 bits per heavy atom. The van der Waals surface area contributed by atoms with E-state index in [1.165, 1.54) is 24.3 Å². The van der Waals surface area contributed by atoms with Crippen LogP contribution >= 0.6 is 12.4 Å². The zero-order valence-electron chi connectivity index (χ0n) is 12.4. The third-order valence-electron chi connectivity index (χ3n) is 2.79. The molecule has 6 nitrogen and oxygen atoms in total. The number of hydrogen-bond acceptors (Lipinski definition) is 4. The van der Waals surface area contributed by atoms with Gasteiger partial charge in [0.1, 0.15) is 0 Å². The summed E-state index contributed by atoms with van der Waals surface area (Å²) in [6.07, 6.45) is 0. The van der Waals surface area contributed by atoms with Crippen molar-refractivity contribution in [2.45, 2.75) is 11.8 Å². The SMILES string of the molecule is CCNS(=O)(=O)c1ccc(C(=O)N(C)CCNC)cc1.Cl. The molecule has 0 aliphatic carbocycles. The van der Waals surface area contributed by atoms with Crippen LogP contribution in [0.25, 0.3) is 0 Å². The first-order chi connectivity index (χ1) is 9.42. The molecule has 0 fully saturated rings. The van der Waals surface area contributed by atoms with Gasteiger partial charge in [-0.2, -0.15) is 0 Å². The van der Waals surface area contributed by atoms with Gasteiger partial charge in [-0.3, -0.25) is 4.79 Å². The maximum Gasteiger partial charge on any atom is 0.253 e. The van der Waals surface area contributed by atoms with Crippen molar-refractivity contribution in [1.82, 2.24) is 14.9 Å². The average molecular weight is 336 g/mol. The van der Waals surface area contributed by atoms with E-state index in [2.05, 4.69) is 10.0 Å². The Morgan fingerprint density at radius 1 is 1.24 bits per heavy atom. The number of carbonyl (C=O) groups is 1. The van der Waals surface area contributed by atoms with Crippen molar-refractivity contribution in [3.05, 3.63) is 29.8 Å². The Morgan fingerprint density at radius 3 is 2.29 bits per heavy atom. The number of amides is 1. The highest BCUT2D eigenvalue weighted by molar-refractivity contribution is 7.89. The molecule has 1 amide bonds. The Hall–Kier alpha value is -1.15. The first kappa shape index (κ1) is 19.9. The molecule has 0 saturated heterocycles. The zero-order chi connectivity index (χ0) is 15.2.